The van der Waals surface area contributed by atoms with E-state index in [1.807, 2.05) is 36.7 Å². The van der Waals surface area contributed by atoms with Gasteiger partial charge in [-0.2, -0.15) is 0 Å². The molecule has 2 heterocycles. The molecule has 1 fully saturated rings. The number of benzene rings is 1. The van der Waals surface area contributed by atoms with Gasteiger partial charge in [0.25, 0.3) is 0 Å². The third-order valence-electron chi connectivity index (χ3n) is 4.90. The second kappa shape index (κ2) is 8.79. The van der Waals surface area contributed by atoms with Crippen LogP contribution in [0.3, 0.4) is 0 Å². The molecular weight excluding hydrogens is 310 g/mol. The molecule has 2 aromatic rings. The summed E-state index contributed by atoms with van der Waals surface area (Å²) >= 11 is 0. The molecule has 132 valence electrons. The van der Waals surface area contributed by atoms with E-state index in [4.69, 9.17) is 4.74 Å². The molecule has 0 spiro atoms. The van der Waals surface area contributed by atoms with Gasteiger partial charge in [0.1, 0.15) is 5.75 Å². The van der Waals surface area contributed by atoms with Gasteiger partial charge < -0.3 is 10.1 Å². The first-order chi connectivity index (χ1) is 12.3. The molecule has 1 aromatic heterocycles. The summed E-state index contributed by atoms with van der Waals surface area (Å²) in [5, 5.41) is 3.58. The third kappa shape index (κ3) is 4.47. The van der Waals surface area contributed by atoms with E-state index in [2.05, 4.69) is 46.5 Å². The summed E-state index contributed by atoms with van der Waals surface area (Å²) in [7, 11) is 3.92. The van der Waals surface area contributed by atoms with Crippen LogP contribution in [0.4, 0.5) is 0 Å². The molecule has 0 bridgehead atoms. The first-order valence-corrected chi connectivity index (χ1v) is 8.90. The second-order valence-electron chi connectivity index (χ2n) is 6.56. The number of methoxy groups -OCH3 is 1. The van der Waals surface area contributed by atoms with Crippen LogP contribution in [-0.4, -0.2) is 43.7 Å². The van der Waals surface area contributed by atoms with E-state index >= 15 is 0 Å². The van der Waals surface area contributed by atoms with E-state index < -0.39 is 0 Å². The summed E-state index contributed by atoms with van der Waals surface area (Å²) in [6.45, 7) is 3.02. The number of likely N-dealkylation sites (tertiary alicyclic amines) is 1. The van der Waals surface area contributed by atoms with Crippen LogP contribution in [0.15, 0.2) is 54.9 Å². The predicted octanol–water partition coefficient (Wildman–Crippen LogP) is 3.39. The van der Waals surface area contributed by atoms with Crippen LogP contribution in [0, 0.1) is 5.92 Å². The maximum atomic E-state index is 5.38. The number of nitrogens with one attached hydrogen (secondary N) is 1. The highest BCUT2D eigenvalue weighted by molar-refractivity contribution is 5.57. The first kappa shape index (κ1) is 17.6. The van der Waals surface area contributed by atoms with Gasteiger partial charge in [-0.05, 0) is 43.6 Å². The van der Waals surface area contributed by atoms with Crippen molar-refractivity contribution in [2.75, 3.05) is 33.8 Å². The number of rotatable bonds is 7. The molecule has 1 aromatic carbocycles. The minimum atomic E-state index is 0.458. The number of ether oxygens (including phenoxy) is 1. The highest BCUT2D eigenvalue weighted by Crippen LogP contribution is 2.35. The minimum absolute atomic E-state index is 0.458. The van der Waals surface area contributed by atoms with Crippen molar-refractivity contribution in [3.05, 3.63) is 66.0 Å². The molecule has 0 aliphatic carbocycles. The van der Waals surface area contributed by atoms with Gasteiger partial charge in [0.2, 0.25) is 0 Å². The monoisotopic (exact) mass is 337 g/mol. The second-order valence-corrected chi connectivity index (χ2v) is 6.56. The zero-order chi connectivity index (χ0) is 17.5. The lowest BCUT2D eigenvalue weighted by molar-refractivity contribution is 0.273. The van der Waals surface area contributed by atoms with Gasteiger partial charge in [-0.3, -0.25) is 9.88 Å². The number of hydrogen-bond acceptors (Lipinski definition) is 4. The van der Waals surface area contributed by atoms with E-state index in [0.29, 0.717) is 12.0 Å². The van der Waals surface area contributed by atoms with Crippen molar-refractivity contribution in [3.63, 3.8) is 0 Å². The Morgan fingerprint density at radius 2 is 2.16 bits per heavy atom. The topological polar surface area (TPSA) is 37.4 Å². The molecule has 1 saturated heterocycles. The lowest BCUT2D eigenvalue weighted by Crippen LogP contribution is -2.28. The molecule has 0 unspecified atom stereocenters. The summed E-state index contributed by atoms with van der Waals surface area (Å²) in [6, 6.07) is 12.8. The van der Waals surface area contributed by atoms with E-state index in [1.54, 1.807) is 7.11 Å². The Kier molecular flexibility index (Phi) is 6.20. The summed E-state index contributed by atoms with van der Waals surface area (Å²) in [6.07, 6.45) is 9.34. The van der Waals surface area contributed by atoms with Crippen molar-refractivity contribution in [1.82, 2.24) is 15.2 Å². The Hall–Kier alpha value is -2.17. The van der Waals surface area contributed by atoms with E-state index in [-0.39, 0.29) is 0 Å². The molecule has 1 aliphatic rings. The standard InChI is InChI=1S/C21H27N3O/c1-24-14-11-19(21(24)18-9-6-13-22-15-18)16-23-12-5-8-17-7-3-4-10-20(17)25-2/h3-10,13,15,19,21,23H,11-12,14,16H2,1-2H3/b8-5+/t19-,21-/m0/s1. The largest absolute Gasteiger partial charge is 0.496 e. The molecule has 4 nitrogen and oxygen atoms in total. The highest BCUT2D eigenvalue weighted by Gasteiger charge is 2.32. The van der Waals surface area contributed by atoms with Crippen molar-refractivity contribution in [1.29, 1.82) is 0 Å². The average molecular weight is 337 g/mol. The van der Waals surface area contributed by atoms with Gasteiger partial charge >= 0.3 is 0 Å². The first-order valence-electron chi connectivity index (χ1n) is 8.90. The normalized spacial score (nSPS) is 21.0. The number of aromatic nitrogens is 1. The lowest BCUT2D eigenvalue weighted by Gasteiger charge is -2.25. The summed E-state index contributed by atoms with van der Waals surface area (Å²) in [5.41, 5.74) is 2.43. The summed E-state index contributed by atoms with van der Waals surface area (Å²) in [5.74, 6) is 1.53. The fourth-order valence-electron chi connectivity index (χ4n) is 3.66. The lowest BCUT2D eigenvalue weighted by atomic mass is 9.95. The van der Waals surface area contributed by atoms with Gasteiger partial charge in [-0.1, -0.05) is 36.4 Å². The zero-order valence-electron chi connectivity index (χ0n) is 15.1. The maximum absolute atomic E-state index is 5.38. The van der Waals surface area contributed by atoms with E-state index in [0.717, 1.165) is 30.9 Å². The SMILES string of the molecule is COc1ccccc1/C=C/CNC[C@@H]1CCN(C)[C@H]1c1cccnc1. The number of para-hydroxylation sites is 1. The van der Waals surface area contributed by atoms with Crippen LogP contribution in [0.2, 0.25) is 0 Å². The fourth-order valence-corrected chi connectivity index (χ4v) is 3.66. The van der Waals surface area contributed by atoms with Crippen molar-refractivity contribution >= 4 is 6.08 Å². The quantitative estimate of drug-likeness (QED) is 0.786. The van der Waals surface area contributed by atoms with Gasteiger partial charge in [0.05, 0.1) is 7.11 Å². The number of hydrogen-bond donors (Lipinski definition) is 1. The Labute approximate surface area is 150 Å². The Morgan fingerprint density at radius 1 is 1.28 bits per heavy atom. The zero-order valence-corrected chi connectivity index (χ0v) is 15.1. The third-order valence-corrected chi connectivity index (χ3v) is 4.90. The molecule has 1 N–H and O–H groups in total. The van der Waals surface area contributed by atoms with Crippen LogP contribution in [0.5, 0.6) is 5.75 Å². The van der Waals surface area contributed by atoms with Crippen molar-refractivity contribution in [3.8, 4) is 5.75 Å². The molecule has 3 rings (SSSR count). The van der Waals surface area contributed by atoms with Crippen LogP contribution in [0.1, 0.15) is 23.6 Å². The Balaban J connectivity index is 1.52. The fraction of sp³-hybridized carbons (Fsp3) is 0.381. The molecule has 4 heteroatoms. The predicted molar refractivity (Wildman–Crippen MR) is 103 cm³/mol. The Bertz CT molecular complexity index is 687. The molecule has 0 radical (unpaired) electrons. The number of nitrogens with zero attached hydrogens (tertiary/aromatic N) is 2. The molecule has 25 heavy (non-hydrogen) atoms. The number of pyridine rings is 1. The van der Waals surface area contributed by atoms with Crippen molar-refractivity contribution in [2.45, 2.75) is 12.5 Å². The van der Waals surface area contributed by atoms with Crippen LogP contribution < -0.4 is 10.1 Å². The smallest absolute Gasteiger partial charge is 0.126 e. The molecule has 1 aliphatic heterocycles. The van der Waals surface area contributed by atoms with Gasteiger partial charge in [0.15, 0.2) is 0 Å². The molecule has 2 atom stereocenters. The molecular formula is C21H27N3O. The van der Waals surface area contributed by atoms with Crippen LogP contribution in [-0.2, 0) is 0 Å². The van der Waals surface area contributed by atoms with Gasteiger partial charge in [-0.25, -0.2) is 0 Å². The van der Waals surface area contributed by atoms with Crippen LogP contribution in [0.25, 0.3) is 6.08 Å². The molecule has 0 amide bonds. The highest BCUT2D eigenvalue weighted by atomic mass is 16.5. The van der Waals surface area contributed by atoms with E-state index in [9.17, 15) is 0 Å². The average Bonchev–Trinajstić information content (AvgIpc) is 3.03. The van der Waals surface area contributed by atoms with Gasteiger partial charge in [0, 0.05) is 37.1 Å². The minimum Gasteiger partial charge on any atom is -0.496 e. The summed E-state index contributed by atoms with van der Waals surface area (Å²) < 4.78 is 5.38. The van der Waals surface area contributed by atoms with Crippen molar-refractivity contribution in [2.24, 2.45) is 5.92 Å². The van der Waals surface area contributed by atoms with Gasteiger partial charge in [-0.15, -0.1) is 0 Å². The summed E-state index contributed by atoms with van der Waals surface area (Å²) in [4.78, 5) is 6.73. The Morgan fingerprint density at radius 3 is 2.96 bits per heavy atom. The van der Waals surface area contributed by atoms with Crippen molar-refractivity contribution < 1.29 is 4.74 Å². The molecule has 0 saturated carbocycles. The van der Waals surface area contributed by atoms with E-state index in [1.165, 1.54) is 12.0 Å². The van der Waals surface area contributed by atoms with Crippen LogP contribution >= 0.6 is 0 Å². The maximum Gasteiger partial charge on any atom is 0.126 e.